The maximum absolute atomic E-state index is 12.8. The van der Waals surface area contributed by atoms with Gasteiger partial charge in [-0.2, -0.15) is 4.31 Å². The van der Waals surface area contributed by atoms with E-state index in [0.717, 1.165) is 6.26 Å². The highest BCUT2D eigenvalue weighted by Gasteiger charge is 2.29. The average Bonchev–Trinajstić information content (AvgIpc) is 2.51. The third-order valence-electron chi connectivity index (χ3n) is 3.82. The van der Waals surface area contributed by atoms with Crippen molar-refractivity contribution < 1.29 is 21.6 Å². The molecule has 0 radical (unpaired) electrons. The maximum atomic E-state index is 12.8. The second kappa shape index (κ2) is 8.48. The van der Waals surface area contributed by atoms with E-state index in [1.807, 2.05) is 13.8 Å². The largest absolute Gasteiger partial charge is 0.497 e. The summed E-state index contributed by atoms with van der Waals surface area (Å²) in [7, 11) is -5.35. The molecule has 1 aromatic carbocycles. The van der Waals surface area contributed by atoms with E-state index in [4.69, 9.17) is 4.74 Å². The van der Waals surface area contributed by atoms with Crippen LogP contribution in [0.3, 0.4) is 0 Å². The smallest absolute Gasteiger partial charge is 0.243 e. The lowest BCUT2D eigenvalue weighted by molar-refractivity contribution is 0.249. The summed E-state index contributed by atoms with van der Waals surface area (Å²) >= 11 is 0. The van der Waals surface area contributed by atoms with Crippen molar-refractivity contribution in [1.29, 1.82) is 0 Å². The number of nitrogens with zero attached hydrogens (tertiary/aromatic N) is 1. The molecule has 0 aliphatic heterocycles. The van der Waals surface area contributed by atoms with Crippen LogP contribution < -0.4 is 9.46 Å². The topological polar surface area (TPSA) is 92.8 Å². The highest BCUT2D eigenvalue weighted by atomic mass is 32.2. The van der Waals surface area contributed by atoms with Gasteiger partial charge >= 0.3 is 0 Å². The van der Waals surface area contributed by atoms with E-state index in [1.54, 1.807) is 19.1 Å². The first-order valence-electron chi connectivity index (χ1n) is 8.00. The van der Waals surface area contributed by atoms with Crippen LogP contribution in [0.15, 0.2) is 29.2 Å². The fourth-order valence-electron chi connectivity index (χ4n) is 2.39. The van der Waals surface area contributed by atoms with Crippen LogP contribution in [0.2, 0.25) is 0 Å². The zero-order chi connectivity index (χ0) is 19.3. The Morgan fingerprint density at radius 3 is 2.12 bits per heavy atom. The first-order chi connectivity index (χ1) is 11.4. The van der Waals surface area contributed by atoms with E-state index in [9.17, 15) is 16.8 Å². The van der Waals surface area contributed by atoms with Crippen LogP contribution in [-0.4, -0.2) is 54.1 Å². The van der Waals surface area contributed by atoms with Gasteiger partial charge in [0.1, 0.15) is 5.75 Å². The lowest BCUT2D eigenvalue weighted by Gasteiger charge is -2.31. The van der Waals surface area contributed by atoms with E-state index in [0.29, 0.717) is 25.3 Å². The summed E-state index contributed by atoms with van der Waals surface area (Å²) in [6.07, 6.45) is 1.63. The monoisotopic (exact) mass is 392 g/mol. The lowest BCUT2D eigenvalue weighted by atomic mass is 9.89. The molecule has 0 fully saturated rings. The fourth-order valence-corrected chi connectivity index (χ4v) is 4.51. The molecule has 1 rings (SSSR count). The minimum atomic E-state index is -3.62. The van der Waals surface area contributed by atoms with Crippen molar-refractivity contribution in [1.82, 2.24) is 9.03 Å². The molecule has 0 atom stereocenters. The van der Waals surface area contributed by atoms with Crippen LogP contribution in [0, 0.1) is 5.41 Å². The molecule has 0 amide bonds. The van der Waals surface area contributed by atoms with Crippen molar-refractivity contribution in [2.45, 2.75) is 32.1 Å². The Bertz CT molecular complexity index is 756. The Hall–Kier alpha value is -1.16. The predicted molar refractivity (Wildman–Crippen MR) is 98.7 cm³/mol. The molecule has 0 aliphatic rings. The van der Waals surface area contributed by atoms with Crippen LogP contribution in [0.5, 0.6) is 5.75 Å². The SMILES string of the molecule is CCN(CC(C)(C)CCNS(C)(=O)=O)S(=O)(=O)c1ccc(OC)cc1. The summed E-state index contributed by atoms with van der Waals surface area (Å²) in [6, 6.07) is 6.27. The molecule has 1 N–H and O–H groups in total. The molecule has 0 aliphatic carbocycles. The molecule has 0 bridgehead atoms. The van der Waals surface area contributed by atoms with Crippen molar-refractivity contribution in [2.75, 3.05) is 33.0 Å². The van der Waals surface area contributed by atoms with Crippen LogP contribution in [-0.2, 0) is 20.0 Å². The second-order valence-corrected chi connectivity index (χ2v) is 10.5. The predicted octanol–water partition coefficient (Wildman–Crippen LogP) is 1.67. The van der Waals surface area contributed by atoms with Crippen LogP contribution in [0.25, 0.3) is 0 Å². The molecule has 25 heavy (non-hydrogen) atoms. The van der Waals surface area contributed by atoms with Gasteiger partial charge < -0.3 is 4.74 Å². The Labute approximate surface area is 151 Å². The van der Waals surface area contributed by atoms with E-state index in [-0.39, 0.29) is 16.9 Å². The summed E-state index contributed by atoms with van der Waals surface area (Å²) in [5.41, 5.74) is -0.382. The highest BCUT2D eigenvalue weighted by Crippen LogP contribution is 2.26. The normalized spacial score (nSPS) is 13.2. The minimum absolute atomic E-state index is 0.209. The van der Waals surface area contributed by atoms with Gasteiger partial charge in [0.2, 0.25) is 20.0 Å². The van der Waals surface area contributed by atoms with Gasteiger partial charge in [0.15, 0.2) is 0 Å². The molecular formula is C16H28N2O5S2. The molecule has 9 heteroatoms. The third kappa shape index (κ3) is 6.93. The average molecular weight is 393 g/mol. The van der Waals surface area contributed by atoms with Crippen molar-refractivity contribution in [2.24, 2.45) is 5.41 Å². The highest BCUT2D eigenvalue weighted by molar-refractivity contribution is 7.89. The molecule has 0 unspecified atom stereocenters. The van der Waals surface area contributed by atoms with E-state index in [2.05, 4.69) is 4.72 Å². The third-order valence-corrected chi connectivity index (χ3v) is 6.48. The molecule has 0 saturated heterocycles. The van der Waals surface area contributed by atoms with Crippen molar-refractivity contribution >= 4 is 20.0 Å². The zero-order valence-electron chi connectivity index (χ0n) is 15.4. The fraction of sp³-hybridized carbons (Fsp3) is 0.625. The Morgan fingerprint density at radius 2 is 1.68 bits per heavy atom. The van der Waals surface area contributed by atoms with Crippen molar-refractivity contribution in [3.05, 3.63) is 24.3 Å². The molecule has 0 saturated carbocycles. The summed E-state index contributed by atoms with van der Waals surface area (Å²) in [4.78, 5) is 0.209. The summed E-state index contributed by atoms with van der Waals surface area (Å²) < 4.78 is 56.9. The van der Waals surface area contributed by atoms with Crippen molar-refractivity contribution in [3.63, 3.8) is 0 Å². The molecule has 0 aromatic heterocycles. The van der Waals surface area contributed by atoms with Crippen LogP contribution in [0.4, 0.5) is 0 Å². The van der Waals surface area contributed by atoms with Crippen molar-refractivity contribution in [3.8, 4) is 5.75 Å². The maximum Gasteiger partial charge on any atom is 0.243 e. The van der Waals surface area contributed by atoms with Gasteiger partial charge in [0, 0.05) is 19.6 Å². The van der Waals surface area contributed by atoms with Crippen LogP contribution in [0.1, 0.15) is 27.2 Å². The molecule has 0 heterocycles. The van der Waals surface area contributed by atoms with E-state index < -0.39 is 20.0 Å². The molecule has 0 spiro atoms. The molecule has 7 nitrogen and oxygen atoms in total. The summed E-state index contributed by atoms with van der Waals surface area (Å²) in [5, 5.41) is 0. The zero-order valence-corrected chi connectivity index (χ0v) is 17.1. The van der Waals surface area contributed by atoms with Gasteiger partial charge in [0.05, 0.1) is 18.3 Å². The van der Waals surface area contributed by atoms with Crippen LogP contribution >= 0.6 is 0 Å². The number of sulfonamides is 2. The molecular weight excluding hydrogens is 364 g/mol. The summed E-state index contributed by atoms with van der Waals surface area (Å²) in [5.74, 6) is 0.592. The first-order valence-corrected chi connectivity index (χ1v) is 11.3. The van der Waals surface area contributed by atoms with Gasteiger partial charge in [-0.05, 0) is 36.1 Å². The number of rotatable bonds is 10. The Morgan fingerprint density at radius 1 is 1.12 bits per heavy atom. The Balaban J connectivity index is 2.88. The number of nitrogens with one attached hydrogen (secondary N) is 1. The van der Waals surface area contributed by atoms with E-state index >= 15 is 0 Å². The van der Waals surface area contributed by atoms with Gasteiger partial charge in [-0.15, -0.1) is 0 Å². The summed E-state index contributed by atoms with van der Waals surface area (Å²) in [6.45, 7) is 6.52. The lowest BCUT2D eigenvalue weighted by Crippen LogP contribution is -2.40. The number of hydrogen-bond acceptors (Lipinski definition) is 5. The number of methoxy groups -OCH3 is 1. The Kier molecular flexibility index (Phi) is 7.42. The molecule has 144 valence electrons. The number of ether oxygens (including phenoxy) is 1. The van der Waals surface area contributed by atoms with Gasteiger partial charge in [-0.1, -0.05) is 20.8 Å². The number of hydrogen-bond donors (Lipinski definition) is 1. The first kappa shape index (κ1) is 21.9. The standard InChI is InChI=1S/C16H28N2O5S2/c1-6-18(13-16(2,3)11-12-17-24(5,19)20)25(21,22)15-9-7-14(23-4)8-10-15/h7-10,17H,6,11-13H2,1-5H3. The van der Waals surface area contributed by atoms with Gasteiger partial charge in [0.25, 0.3) is 0 Å². The van der Waals surface area contributed by atoms with E-state index in [1.165, 1.54) is 23.5 Å². The number of benzene rings is 1. The minimum Gasteiger partial charge on any atom is -0.497 e. The quantitative estimate of drug-likeness (QED) is 0.654. The second-order valence-electron chi connectivity index (χ2n) is 6.69. The van der Waals surface area contributed by atoms with Gasteiger partial charge in [-0.3, -0.25) is 0 Å². The van der Waals surface area contributed by atoms with Gasteiger partial charge in [-0.25, -0.2) is 21.6 Å². The molecule has 1 aromatic rings.